The maximum absolute atomic E-state index is 3.69. The Balaban J connectivity index is 0.000000956. The van der Waals surface area contributed by atoms with E-state index in [9.17, 15) is 0 Å². The molecule has 0 aliphatic carbocycles. The van der Waals surface area contributed by atoms with Gasteiger partial charge in [-0.3, -0.25) is 0 Å². The van der Waals surface area contributed by atoms with Crippen molar-refractivity contribution in [3.63, 3.8) is 0 Å². The van der Waals surface area contributed by atoms with Gasteiger partial charge in [-0.2, -0.15) is 0 Å². The highest BCUT2D eigenvalue weighted by atomic mass is 15.2. The Bertz CT molecular complexity index is 329. The lowest BCUT2D eigenvalue weighted by Crippen LogP contribution is -2.45. The van der Waals surface area contributed by atoms with Crippen molar-refractivity contribution in [3.8, 4) is 0 Å². The Morgan fingerprint density at radius 1 is 1.15 bits per heavy atom. The first-order valence-corrected chi connectivity index (χ1v) is 8.31. The molecule has 1 unspecified atom stereocenters. The quantitative estimate of drug-likeness (QED) is 0.872. The van der Waals surface area contributed by atoms with Gasteiger partial charge in [0.15, 0.2) is 0 Å². The van der Waals surface area contributed by atoms with Crippen molar-refractivity contribution in [2.45, 2.75) is 65.6 Å². The molecule has 0 saturated carbocycles. The van der Waals surface area contributed by atoms with Crippen molar-refractivity contribution in [3.05, 3.63) is 35.9 Å². The molecule has 0 radical (unpaired) electrons. The summed E-state index contributed by atoms with van der Waals surface area (Å²) in [7, 11) is 0. The molecule has 1 fully saturated rings. The summed E-state index contributed by atoms with van der Waals surface area (Å²) >= 11 is 0. The maximum Gasteiger partial charge on any atom is 0.0208 e. The summed E-state index contributed by atoms with van der Waals surface area (Å²) in [6.07, 6.45) is 3.84. The van der Waals surface area contributed by atoms with E-state index in [0.717, 1.165) is 12.6 Å². The topological polar surface area (TPSA) is 15.3 Å². The van der Waals surface area contributed by atoms with Crippen LogP contribution in [0.3, 0.4) is 0 Å². The summed E-state index contributed by atoms with van der Waals surface area (Å²) in [6, 6.07) is 12.1. The second kappa shape index (κ2) is 9.95. The zero-order valence-electron chi connectivity index (χ0n) is 13.7. The predicted octanol–water partition coefficient (Wildman–Crippen LogP) is 4.07. The van der Waals surface area contributed by atoms with Crippen molar-refractivity contribution < 1.29 is 0 Å². The lowest BCUT2D eigenvalue weighted by Gasteiger charge is -2.36. The van der Waals surface area contributed by atoms with Crippen molar-refractivity contribution in [2.24, 2.45) is 0 Å². The molecule has 1 aliphatic heterocycles. The van der Waals surface area contributed by atoms with E-state index in [1.54, 1.807) is 0 Å². The van der Waals surface area contributed by atoms with Crippen LogP contribution in [0.4, 0.5) is 0 Å². The fourth-order valence-electron chi connectivity index (χ4n) is 2.66. The third kappa shape index (κ3) is 5.64. The molecular formula is C18H32N2. The monoisotopic (exact) mass is 276 g/mol. The van der Waals surface area contributed by atoms with Crippen LogP contribution in [0.5, 0.6) is 0 Å². The summed E-state index contributed by atoms with van der Waals surface area (Å²) in [5, 5.41) is 3.69. The van der Waals surface area contributed by atoms with Gasteiger partial charge >= 0.3 is 0 Å². The number of piperidine rings is 1. The molecule has 1 aliphatic rings. The standard InChI is InChI=1S/C16H26N2.C2H6/c1-3-14(2)18-11-9-16(10-12-18)17-13-15-7-5-4-6-8-15;1-2/h4-8,14,16-17H,3,9-13H2,1-2H3;1-2H3. The van der Waals surface area contributed by atoms with Gasteiger partial charge in [0.05, 0.1) is 0 Å². The molecule has 1 aromatic rings. The zero-order valence-corrected chi connectivity index (χ0v) is 13.7. The third-order valence-electron chi connectivity index (χ3n) is 4.18. The molecule has 1 aromatic carbocycles. The van der Waals surface area contributed by atoms with Crippen LogP contribution in [0.1, 0.15) is 52.5 Å². The Morgan fingerprint density at radius 3 is 2.30 bits per heavy atom. The van der Waals surface area contributed by atoms with Gasteiger partial charge in [-0.1, -0.05) is 51.1 Å². The summed E-state index contributed by atoms with van der Waals surface area (Å²) in [4.78, 5) is 2.63. The largest absolute Gasteiger partial charge is 0.310 e. The van der Waals surface area contributed by atoms with E-state index >= 15 is 0 Å². The summed E-state index contributed by atoms with van der Waals surface area (Å²) in [5.41, 5.74) is 1.39. The summed E-state index contributed by atoms with van der Waals surface area (Å²) in [5.74, 6) is 0. The van der Waals surface area contributed by atoms with Gasteiger partial charge in [0, 0.05) is 18.6 Å². The molecule has 0 aromatic heterocycles. The Morgan fingerprint density at radius 2 is 1.75 bits per heavy atom. The molecule has 0 bridgehead atoms. The average molecular weight is 276 g/mol. The van der Waals surface area contributed by atoms with Crippen molar-refractivity contribution in [1.29, 1.82) is 0 Å². The third-order valence-corrected chi connectivity index (χ3v) is 4.18. The number of likely N-dealkylation sites (tertiary alicyclic amines) is 1. The molecule has 1 atom stereocenters. The van der Waals surface area contributed by atoms with Crippen molar-refractivity contribution >= 4 is 0 Å². The van der Waals surface area contributed by atoms with Crippen molar-refractivity contribution in [1.82, 2.24) is 10.2 Å². The van der Waals surface area contributed by atoms with Crippen LogP contribution in [0.2, 0.25) is 0 Å². The fourth-order valence-corrected chi connectivity index (χ4v) is 2.66. The summed E-state index contributed by atoms with van der Waals surface area (Å²) < 4.78 is 0. The second-order valence-electron chi connectivity index (χ2n) is 5.43. The van der Waals surface area contributed by atoms with E-state index in [4.69, 9.17) is 0 Å². The zero-order chi connectivity index (χ0) is 14.8. The molecule has 2 nitrogen and oxygen atoms in total. The molecule has 114 valence electrons. The highest BCUT2D eigenvalue weighted by Crippen LogP contribution is 2.15. The van der Waals surface area contributed by atoms with Crippen molar-refractivity contribution in [2.75, 3.05) is 13.1 Å². The van der Waals surface area contributed by atoms with E-state index in [1.165, 1.54) is 37.9 Å². The minimum atomic E-state index is 0.700. The highest BCUT2D eigenvalue weighted by Gasteiger charge is 2.21. The van der Waals surface area contributed by atoms with E-state index in [0.29, 0.717) is 6.04 Å². The van der Waals surface area contributed by atoms with Gasteiger partial charge in [-0.05, 0) is 44.8 Å². The minimum Gasteiger partial charge on any atom is -0.310 e. The van der Waals surface area contributed by atoms with E-state index < -0.39 is 0 Å². The first kappa shape index (κ1) is 17.2. The first-order chi connectivity index (χ1) is 9.79. The minimum absolute atomic E-state index is 0.700. The van der Waals surface area contributed by atoms with Crippen LogP contribution in [0.15, 0.2) is 30.3 Å². The Labute approximate surface area is 125 Å². The molecule has 2 rings (SSSR count). The van der Waals surface area contributed by atoms with Crippen LogP contribution < -0.4 is 5.32 Å². The molecule has 0 amide bonds. The van der Waals surface area contributed by atoms with E-state index in [1.807, 2.05) is 13.8 Å². The van der Waals surface area contributed by atoms with Crippen LogP contribution in [-0.4, -0.2) is 30.1 Å². The smallest absolute Gasteiger partial charge is 0.0208 e. The fraction of sp³-hybridized carbons (Fsp3) is 0.667. The highest BCUT2D eigenvalue weighted by molar-refractivity contribution is 5.14. The number of rotatable bonds is 5. The molecule has 20 heavy (non-hydrogen) atoms. The molecular weight excluding hydrogens is 244 g/mol. The maximum atomic E-state index is 3.69. The number of nitrogens with one attached hydrogen (secondary N) is 1. The normalized spacial score (nSPS) is 18.2. The van der Waals surface area contributed by atoms with Gasteiger partial charge in [-0.25, -0.2) is 0 Å². The average Bonchev–Trinajstić information content (AvgIpc) is 2.55. The van der Waals surface area contributed by atoms with Gasteiger partial charge in [-0.15, -0.1) is 0 Å². The molecule has 1 N–H and O–H groups in total. The number of hydrogen-bond acceptors (Lipinski definition) is 2. The number of nitrogens with zero attached hydrogens (tertiary/aromatic N) is 1. The van der Waals surface area contributed by atoms with Crippen LogP contribution >= 0.6 is 0 Å². The van der Waals surface area contributed by atoms with Crippen LogP contribution in [0, 0.1) is 0 Å². The van der Waals surface area contributed by atoms with Crippen LogP contribution in [-0.2, 0) is 6.54 Å². The Kier molecular flexibility index (Phi) is 8.56. The van der Waals surface area contributed by atoms with E-state index in [-0.39, 0.29) is 0 Å². The first-order valence-electron chi connectivity index (χ1n) is 8.31. The van der Waals surface area contributed by atoms with Gasteiger partial charge < -0.3 is 10.2 Å². The lowest BCUT2D eigenvalue weighted by atomic mass is 10.0. The molecule has 1 saturated heterocycles. The predicted molar refractivity (Wildman–Crippen MR) is 89.0 cm³/mol. The van der Waals surface area contributed by atoms with Gasteiger partial charge in [0.2, 0.25) is 0 Å². The molecule has 2 heteroatoms. The number of benzene rings is 1. The summed E-state index contributed by atoms with van der Waals surface area (Å²) in [6.45, 7) is 12.1. The van der Waals surface area contributed by atoms with E-state index in [2.05, 4.69) is 54.4 Å². The molecule has 1 heterocycles. The van der Waals surface area contributed by atoms with Gasteiger partial charge in [0.1, 0.15) is 0 Å². The van der Waals surface area contributed by atoms with Gasteiger partial charge in [0.25, 0.3) is 0 Å². The lowest BCUT2D eigenvalue weighted by molar-refractivity contribution is 0.148. The Hall–Kier alpha value is -0.860. The number of hydrogen-bond donors (Lipinski definition) is 1. The second-order valence-corrected chi connectivity index (χ2v) is 5.43. The SMILES string of the molecule is CC.CCC(C)N1CCC(NCc2ccccc2)CC1. The van der Waals surface area contributed by atoms with Crippen LogP contribution in [0.25, 0.3) is 0 Å². The molecule has 0 spiro atoms.